The molecule has 1 amide bonds. The van der Waals surface area contributed by atoms with Crippen LogP contribution in [0, 0.1) is 0 Å². The molecule has 18 heavy (non-hydrogen) atoms. The van der Waals surface area contributed by atoms with Gasteiger partial charge in [-0.05, 0) is 48.0 Å². The molecule has 0 spiro atoms. The molecule has 0 bridgehead atoms. The molecule has 0 aliphatic carbocycles. The van der Waals surface area contributed by atoms with E-state index < -0.39 is 23.2 Å². The predicted molar refractivity (Wildman–Crippen MR) is 66.0 cm³/mol. The Bertz CT molecular complexity index is 472. The van der Waals surface area contributed by atoms with Gasteiger partial charge in [0.15, 0.2) is 0 Å². The Morgan fingerprint density at radius 1 is 1.33 bits per heavy atom. The number of carbonyl (C=O) groups is 1. The highest BCUT2D eigenvalue weighted by molar-refractivity contribution is 9.10. The van der Waals surface area contributed by atoms with Gasteiger partial charge in [-0.3, -0.25) is 4.79 Å². The van der Waals surface area contributed by atoms with Gasteiger partial charge in [0.05, 0.1) is 5.56 Å². The number of nitrogens with one attached hydrogen (secondary N) is 1. The summed E-state index contributed by atoms with van der Waals surface area (Å²) in [6, 6.07) is 3.13. The summed E-state index contributed by atoms with van der Waals surface area (Å²) >= 11 is 3.03. The van der Waals surface area contributed by atoms with Crippen molar-refractivity contribution in [3.63, 3.8) is 0 Å². The Hall–Kier alpha value is -1.24. The normalized spacial score (nSPS) is 12.3. The molecule has 0 atom stereocenters. The highest BCUT2D eigenvalue weighted by atomic mass is 79.9. The molecule has 0 aliphatic rings. The lowest BCUT2D eigenvalue weighted by Gasteiger charge is -2.24. The lowest BCUT2D eigenvalue weighted by molar-refractivity contribution is -0.137. The minimum atomic E-state index is -4.40. The first-order valence-electron chi connectivity index (χ1n) is 4.99. The van der Waals surface area contributed by atoms with Crippen molar-refractivity contribution in [2.75, 3.05) is 5.32 Å². The molecular weight excluding hydrogens is 313 g/mol. The number of amides is 1. The molecule has 0 saturated carbocycles. The number of carbonyl (C=O) groups excluding carboxylic acids is 1. The number of anilines is 1. The summed E-state index contributed by atoms with van der Waals surface area (Å²) in [6.07, 6.45) is -4.40. The molecule has 3 N–H and O–H groups in total. The van der Waals surface area contributed by atoms with E-state index in [2.05, 4.69) is 21.2 Å². The topological polar surface area (TPSA) is 55.1 Å². The second-order valence-electron chi connectivity index (χ2n) is 4.31. The zero-order valence-electron chi connectivity index (χ0n) is 9.73. The predicted octanol–water partition coefficient (Wildman–Crippen LogP) is 3.14. The van der Waals surface area contributed by atoms with Crippen LogP contribution in [0.3, 0.4) is 0 Å². The summed E-state index contributed by atoms with van der Waals surface area (Å²) in [5.41, 5.74) is 3.72. The van der Waals surface area contributed by atoms with Crippen molar-refractivity contribution in [3.8, 4) is 0 Å². The van der Waals surface area contributed by atoms with Gasteiger partial charge in [0.2, 0.25) is 5.91 Å². The quantitative estimate of drug-likeness (QED) is 0.897. The minimum absolute atomic E-state index is 0.214. The second-order valence-corrected chi connectivity index (χ2v) is 5.16. The monoisotopic (exact) mass is 324 g/mol. The number of alkyl halides is 3. The molecule has 0 saturated heterocycles. The molecule has 0 aliphatic heterocycles. The molecule has 0 unspecified atom stereocenters. The van der Waals surface area contributed by atoms with Crippen LogP contribution in [0.1, 0.15) is 19.4 Å². The zero-order chi connectivity index (χ0) is 14.1. The maximum Gasteiger partial charge on any atom is 0.416 e. The third-order valence-corrected chi connectivity index (χ3v) is 3.02. The Labute approximate surface area is 111 Å². The number of benzene rings is 1. The summed E-state index contributed by atoms with van der Waals surface area (Å²) in [6.45, 7) is 3.08. The molecule has 100 valence electrons. The first-order chi connectivity index (χ1) is 8.04. The van der Waals surface area contributed by atoms with Crippen molar-refractivity contribution in [1.82, 2.24) is 0 Å². The van der Waals surface area contributed by atoms with Crippen molar-refractivity contribution in [3.05, 3.63) is 28.2 Å². The highest BCUT2D eigenvalue weighted by Gasteiger charge is 2.31. The van der Waals surface area contributed by atoms with E-state index >= 15 is 0 Å². The molecular formula is C11H12BrF3N2O. The molecule has 1 aromatic carbocycles. The minimum Gasteiger partial charge on any atom is -0.371 e. The van der Waals surface area contributed by atoms with Gasteiger partial charge in [-0.25, -0.2) is 0 Å². The first kappa shape index (κ1) is 14.8. The van der Waals surface area contributed by atoms with Crippen LogP contribution in [-0.2, 0) is 11.0 Å². The molecule has 0 radical (unpaired) electrons. The van der Waals surface area contributed by atoms with Gasteiger partial charge in [-0.2, -0.15) is 13.2 Å². The average molecular weight is 325 g/mol. The van der Waals surface area contributed by atoms with Crippen LogP contribution in [0.4, 0.5) is 18.9 Å². The lowest BCUT2D eigenvalue weighted by Crippen LogP contribution is -2.45. The van der Waals surface area contributed by atoms with E-state index in [0.717, 1.165) is 12.1 Å². The summed E-state index contributed by atoms with van der Waals surface area (Å²) in [5, 5.41) is 2.78. The van der Waals surface area contributed by atoms with Gasteiger partial charge in [-0.15, -0.1) is 0 Å². The summed E-state index contributed by atoms with van der Waals surface area (Å²) in [7, 11) is 0. The van der Waals surface area contributed by atoms with Gasteiger partial charge >= 0.3 is 6.18 Å². The molecule has 3 nitrogen and oxygen atoms in total. The number of halogens is 4. The van der Waals surface area contributed by atoms with Gasteiger partial charge in [-0.1, -0.05) is 0 Å². The number of primary amides is 1. The summed E-state index contributed by atoms with van der Waals surface area (Å²) < 4.78 is 37.6. The van der Waals surface area contributed by atoms with Crippen LogP contribution in [0.2, 0.25) is 0 Å². The smallest absolute Gasteiger partial charge is 0.371 e. The Morgan fingerprint density at radius 3 is 2.28 bits per heavy atom. The van der Waals surface area contributed by atoms with Crippen LogP contribution >= 0.6 is 15.9 Å². The number of hydrogen-bond acceptors (Lipinski definition) is 2. The third-order valence-electron chi connectivity index (χ3n) is 2.36. The fraction of sp³-hybridized carbons (Fsp3) is 0.364. The SMILES string of the molecule is CC(C)(Nc1ccc(C(F)(F)F)cc1Br)C(N)=O. The van der Waals surface area contributed by atoms with Crippen LogP contribution in [0.15, 0.2) is 22.7 Å². The number of hydrogen-bond donors (Lipinski definition) is 2. The van der Waals surface area contributed by atoms with Gasteiger partial charge in [0.1, 0.15) is 5.54 Å². The lowest BCUT2D eigenvalue weighted by atomic mass is 10.0. The Morgan fingerprint density at radius 2 is 1.89 bits per heavy atom. The summed E-state index contributed by atoms with van der Waals surface area (Å²) in [4.78, 5) is 11.1. The van der Waals surface area contributed by atoms with Gasteiger partial charge < -0.3 is 11.1 Å². The van der Waals surface area contributed by atoms with E-state index in [1.807, 2.05) is 0 Å². The zero-order valence-corrected chi connectivity index (χ0v) is 11.3. The Kier molecular flexibility index (Phi) is 3.95. The van der Waals surface area contributed by atoms with Crippen LogP contribution < -0.4 is 11.1 Å². The molecule has 1 aromatic rings. The summed E-state index contributed by atoms with van der Waals surface area (Å²) in [5.74, 6) is -0.603. The van der Waals surface area contributed by atoms with Gasteiger partial charge in [0, 0.05) is 10.2 Å². The molecule has 1 rings (SSSR count). The molecule has 0 aromatic heterocycles. The average Bonchev–Trinajstić information content (AvgIpc) is 2.19. The van der Waals surface area contributed by atoms with Crippen molar-refractivity contribution in [2.45, 2.75) is 25.6 Å². The van der Waals surface area contributed by atoms with E-state index in [9.17, 15) is 18.0 Å². The highest BCUT2D eigenvalue weighted by Crippen LogP contribution is 2.34. The van der Waals surface area contributed by atoms with Gasteiger partial charge in [0.25, 0.3) is 0 Å². The maximum absolute atomic E-state index is 12.5. The number of nitrogens with two attached hydrogens (primary N) is 1. The molecule has 7 heteroatoms. The maximum atomic E-state index is 12.5. The fourth-order valence-corrected chi connectivity index (χ4v) is 1.67. The van der Waals surface area contributed by atoms with Crippen molar-refractivity contribution in [1.29, 1.82) is 0 Å². The number of rotatable bonds is 3. The van der Waals surface area contributed by atoms with E-state index in [1.54, 1.807) is 13.8 Å². The second kappa shape index (κ2) is 4.79. The van der Waals surface area contributed by atoms with Crippen LogP contribution in [0.25, 0.3) is 0 Å². The fourth-order valence-electron chi connectivity index (χ4n) is 1.19. The largest absolute Gasteiger partial charge is 0.416 e. The third kappa shape index (κ3) is 3.38. The standard InChI is InChI=1S/C11H12BrF3N2O/c1-10(2,9(16)18)17-8-4-3-6(5-7(8)12)11(13,14)15/h3-5,17H,1-2H3,(H2,16,18). The van der Waals surface area contributed by atoms with Crippen molar-refractivity contribution < 1.29 is 18.0 Å². The van der Waals surface area contributed by atoms with Crippen LogP contribution in [0.5, 0.6) is 0 Å². The molecule has 0 fully saturated rings. The van der Waals surface area contributed by atoms with E-state index in [-0.39, 0.29) is 4.47 Å². The van der Waals surface area contributed by atoms with Crippen LogP contribution in [-0.4, -0.2) is 11.4 Å². The Balaban J connectivity index is 3.04. The van der Waals surface area contributed by atoms with E-state index in [1.165, 1.54) is 6.07 Å². The van der Waals surface area contributed by atoms with E-state index in [0.29, 0.717) is 5.69 Å². The molecule has 0 heterocycles. The van der Waals surface area contributed by atoms with Crippen molar-refractivity contribution in [2.24, 2.45) is 5.73 Å². The van der Waals surface area contributed by atoms with E-state index in [4.69, 9.17) is 5.73 Å². The van der Waals surface area contributed by atoms with Crippen molar-refractivity contribution >= 4 is 27.5 Å². The first-order valence-corrected chi connectivity index (χ1v) is 5.78.